The molecule has 2 aromatic heterocycles. The summed E-state index contributed by atoms with van der Waals surface area (Å²) >= 11 is 0. The van der Waals surface area contributed by atoms with Gasteiger partial charge in [0.1, 0.15) is 5.52 Å². The van der Waals surface area contributed by atoms with Crippen molar-refractivity contribution < 1.29 is 9.41 Å². The van der Waals surface area contributed by atoms with Crippen molar-refractivity contribution in [3.05, 3.63) is 34.5 Å². The van der Waals surface area contributed by atoms with Gasteiger partial charge in [-0.2, -0.15) is 0 Å². The van der Waals surface area contributed by atoms with Gasteiger partial charge in [0.25, 0.3) is 0 Å². The normalized spacial score (nSPS) is 18.4. The second-order valence-corrected chi connectivity index (χ2v) is 5.83. The van der Waals surface area contributed by atoms with E-state index in [-0.39, 0.29) is 10.6 Å². The van der Waals surface area contributed by atoms with E-state index in [1.165, 1.54) is 0 Å². The number of hydrogen-bond donors (Lipinski definition) is 0. The molecule has 3 rings (SSSR count). The maximum atomic E-state index is 11.4. The van der Waals surface area contributed by atoms with Crippen LogP contribution < -0.4 is 4.90 Å². The lowest BCUT2D eigenvalue weighted by molar-refractivity contribution is -0.890. The molecule has 1 aliphatic heterocycles. The molecule has 0 saturated carbocycles. The minimum atomic E-state index is -0.327. The molecule has 7 nitrogen and oxygen atoms in total. The Balaban J connectivity index is 2.03. The number of quaternary nitrogens is 1. The van der Waals surface area contributed by atoms with Gasteiger partial charge < -0.3 is 9.38 Å². The van der Waals surface area contributed by atoms with E-state index in [0.29, 0.717) is 11.3 Å². The van der Waals surface area contributed by atoms with Crippen LogP contribution in [0.5, 0.6) is 0 Å². The number of anilines is 1. The molecule has 7 heteroatoms. The molecule has 2 aromatic rings. The number of rotatable bonds is 2. The molecule has 0 unspecified atom stereocenters. The van der Waals surface area contributed by atoms with Gasteiger partial charge in [-0.15, -0.1) is 5.10 Å². The van der Waals surface area contributed by atoms with Crippen molar-refractivity contribution in [1.82, 2.24) is 9.61 Å². The Kier molecular flexibility index (Phi) is 2.86. The lowest BCUT2D eigenvalue weighted by Crippen LogP contribution is -2.55. The van der Waals surface area contributed by atoms with Gasteiger partial charge >= 0.3 is 5.69 Å². The molecule has 0 N–H and O–H groups in total. The highest BCUT2D eigenvalue weighted by atomic mass is 16.6. The molecule has 0 aliphatic carbocycles. The Morgan fingerprint density at radius 3 is 2.65 bits per heavy atom. The third-order valence-corrected chi connectivity index (χ3v) is 3.93. The summed E-state index contributed by atoms with van der Waals surface area (Å²) in [5.41, 5.74) is 0.657. The molecule has 0 bridgehead atoms. The number of hydrogen-bond acceptors (Lipinski definition) is 4. The van der Waals surface area contributed by atoms with Crippen LogP contribution >= 0.6 is 0 Å². The monoisotopic (exact) mass is 276 g/mol. The summed E-state index contributed by atoms with van der Waals surface area (Å²) in [5.74, 6) is 0.487. The van der Waals surface area contributed by atoms with Crippen LogP contribution in [0.4, 0.5) is 11.5 Å². The van der Waals surface area contributed by atoms with E-state index in [9.17, 15) is 10.1 Å². The lowest BCUT2D eigenvalue weighted by Gasteiger charge is -2.38. The Morgan fingerprint density at radius 2 is 2.00 bits per heavy atom. The second-order valence-electron chi connectivity index (χ2n) is 5.83. The van der Waals surface area contributed by atoms with Crippen molar-refractivity contribution in [1.29, 1.82) is 0 Å². The molecule has 0 spiro atoms. The summed E-state index contributed by atoms with van der Waals surface area (Å²) in [6.07, 6.45) is 1.75. The number of nitro groups is 1. The van der Waals surface area contributed by atoms with Crippen molar-refractivity contribution in [2.24, 2.45) is 0 Å². The Bertz CT molecular complexity index is 654. The number of likely N-dealkylation sites (N-methyl/N-ethyl adjacent to an activating group) is 1. The Labute approximate surface area is 116 Å². The van der Waals surface area contributed by atoms with Crippen LogP contribution in [-0.2, 0) is 0 Å². The van der Waals surface area contributed by atoms with Crippen molar-refractivity contribution in [3.63, 3.8) is 0 Å². The highest BCUT2D eigenvalue weighted by Crippen LogP contribution is 2.32. The van der Waals surface area contributed by atoms with Gasteiger partial charge in [0.05, 0.1) is 45.2 Å². The molecule has 0 amide bonds. The quantitative estimate of drug-likeness (QED) is 0.469. The molecule has 1 saturated heterocycles. The zero-order chi connectivity index (χ0) is 14.3. The lowest BCUT2D eigenvalue weighted by atomic mass is 10.2. The first-order valence-electron chi connectivity index (χ1n) is 6.67. The first-order valence-corrected chi connectivity index (χ1v) is 6.67. The number of fused-ring (bicyclic) bond motifs is 1. The fourth-order valence-corrected chi connectivity index (χ4v) is 2.58. The third kappa shape index (κ3) is 2.09. The zero-order valence-corrected chi connectivity index (χ0v) is 11.7. The molecular formula is C13H18N5O2+. The number of aromatic nitrogens is 2. The molecule has 3 heterocycles. The van der Waals surface area contributed by atoms with E-state index in [1.54, 1.807) is 22.8 Å². The molecule has 0 radical (unpaired) electrons. The highest BCUT2D eigenvalue weighted by molar-refractivity contribution is 5.77. The van der Waals surface area contributed by atoms with Crippen molar-refractivity contribution in [2.45, 2.75) is 0 Å². The summed E-state index contributed by atoms with van der Waals surface area (Å²) in [5, 5.41) is 15.8. The predicted octanol–water partition coefficient (Wildman–Crippen LogP) is 1.14. The smallest absolute Gasteiger partial charge is 0.338 e. The Morgan fingerprint density at radius 1 is 1.30 bits per heavy atom. The van der Waals surface area contributed by atoms with E-state index in [2.05, 4.69) is 19.2 Å². The molecule has 0 atom stereocenters. The summed E-state index contributed by atoms with van der Waals surface area (Å²) in [6.45, 7) is 3.51. The molecule has 106 valence electrons. The van der Waals surface area contributed by atoms with Gasteiger partial charge in [-0.3, -0.25) is 10.1 Å². The minimum absolute atomic E-state index is 0.109. The van der Waals surface area contributed by atoms with Gasteiger partial charge in [0, 0.05) is 6.20 Å². The highest BCUT2D eigenvalue weighted by Gasteiger charge is 2.32. The fraction of sp³-hybridized carbons (Fsp3) is 0.462. The van der Waals surface area contributed by atoms with Crippen molar-refractivity contribution >= 4 is 17.0 Å². The summed E-state index contributed by atoms with van der Waals surface area (Å²) in [7, 11) is 4.35. The van der Waals surface area contributed by atoms with Gasteiger partial charge in [-0.05, 0) is 12.1 Å². The van der Waals surface area contributed by atoms with E-state index in [4.69, 9.17) is 0 Å². The van der Waals surface area contributed by atoms with E-state index in [0.717, 1.165) is 30.7 Å². The van der Waals surface area contributed by atoms with Gasteiger partial charge in [0.15, 0.2) is 0 Å². The average molecular weight is 276 g/mol. The average Bonchev–Trinajstić information content (AvgIpc) is 2.77. The van der Waals surface area contributed by atoms with Crippen molar-refractivity contribution in [3.8, 4) is 0 Å². The van der Waals surface area contributed by atoms with Crippen LogP contribution in [0.2, 0.25) is 0 Å². The Hall–Kier alpha value is -2.15. The van der Waals surface area contributed by atoms with E-state index < -0.39 is 0 Å². The zero-order valence-electron chi connectivity index (χ0n) is 11.7. The third-order valence-electron chi connectivity index (χ3n) is 3.93. The second kappa shape index (κ2) is 4.45. The standard InChI is InChI=1S/C13H18N5O2/c1-18(2)9-7-15(8-10-18)13-12(17(19)20)11-5-3-4-6-16(11)14-13/h3-6H,7-10H2,1-2H3/q+1. The van der Waals surface area contributed by atoms with Crippen LogP contribution in [0, 0.1) is 10.1 Å². The number of piperazine rings is 1. The van der Waals surface area contributed by atoms with Crippen LogP contribution in [0.25, 0.3) is 5.52 Å². The number of pyridine rings is 1. The first-order chi connectivity index (χ1) is 9.48. The minimum Gasteiger partial charge on any atom is -0.338 e. The molecular weight excluding hydrogens is 258 g/mol. The first kappa shape index (κ1) is 12.9. The summed E-state index contributed by atoms with van der Waals surface area (Å²) in [4.78, 5) is 13.1. The summed E-state index contributed by atoms with van der Waals surface area (Å²) in [6, 6.07) is 5.35. The van der Waals surface area contributed by atoms with Gasteiger partial charge in [-0.25, -0.2) is 4.52 Å². The van der Waals surface area contributed by atoms with E-state index in [1.807, 2.05) is 11.0 Å². The largest absolute Gasteiger partial charge is 0.338 e. The maximum absolute atomic E-state index is 11.4. The maximum Gasteiger partial charge on any atom is 0.338 e. The van der Waals surface area contributed by atoms with Crippen molar-refractivity contribution in [2.75, 3.05) is 45.2 Å². The van der Waals surface area contributed by atoms with Crippen LogP contribution in [0.1, 0.15) is 0 Å². The van der Waals surface area contributed by atoms with Crippen LogP contribution in [-0.4, -0.2) is 59.3 Å². The molecule has 1 fully saturated rings. The summed E-state index contributed by atoms with van der Waals surface area (Å²) < 4.78 is 2.53. The van der Waals surface area contributed by atoms with Crippen LogP contribution in [0.3, 0.4) is 0 Å². The molecule has 0 aromatic carbocycles. The fourth-order valence-electron chi connectivity index (χ4n) is 2.58. The van der Waals surface area contributed by atoms with Gasteiger partial charge in [0.2, 0.25) is 5.82 Å². The number of nitrogens with zero attached hydrogens (tertiary/aromatic N) is 5. The van der Waals surface area contributed by atoms with Crippen LogP contribution in [0.15, 0.2) is 24.4 Å². The molecule has 20 heavy (non-hydrogen) atoms. The predicted molar refractivity (Wildman–Crippen MR) is 75.9 cm³/mol. The van der Waals surface area contributed by atoms with E-state index >= 15 is 0 Å². The topological polar surface area (TPSA) is 63.7 Å². The SMILES string of the molecule is C[N+]1(C)CCN(c2nn3ccccc3c2[N+](=O)[O-])CC1. The van der Waals surface area contributed by atoms with Gasteiger partial charge in [-0.1, -0.05) is 6.07 Å². The molecule has 1 aliphatic rings.